The minimum atomic E-state index is 0.141. The van der Waals surface area contributed by atoms with Gasteiger partial charge in [-0.3, -0.25) is 0 Å². The van der Waals surface area contributed by atoms with Gasteiger partial charge in [-0.25, -0.2) is 0 Å². The Morgan fingerprint density at radius 2 is 1.69 bits per heavy atom. The molecule has 1 heterocycles. The van der Waals surface area contributed by atoms with Gasteiger partial charge in [0.25, 0.3) is 0 Å². The van der Waals surface area contributed by atoms with E-state index in [9.17, 15) is 0 Å². The van der Waals surface area contributed by atoms with Crippen molar-refractivity contribution in [1.82, 2.24) is 5.32 Å². The lowest BCUT2D eigenvalue weighted by molar-refractivity contribution is 0.348. The Morgan fingerprint density at radius 3 is 2.31 bits per heavy atom. The molecule has 140 valence electrons. The number of fused-ring (bicyclic) bond motifs is 1. The van der Waals surface area contributed by atoms with E-state index in [4.69, 9.17) is 14.2 Å². The number of aryl methyl sites for hydroxylation is 1. The third-order valence-electron chi connectivity index (χ3n) is 5.27. The zero-order valence-corrected chi connectivity index (χ0v) is 16.6. The third kappa shape index (κ3) is 3.14. The molecule has 0 aliphatic carbocycles. The van der Waals surface area contributed by atoms with E-state index < -0.39 is 0 Å². The van der Waals surface area contributed by atoms with E-state index in [1.807, 2.05) is 6.07 Å². The maximum absolute atomic E-state index is 5.67. The fraction of sp³-hybridized carbons (Fsp3) is 0.455. The van der Waals surface area contributed by atoms with Crippen LogP contribution in [0.25, 0.3) is 0 Å². The molecule has 0 amide bonds. The van der Waals surface area contributed by atoms with Gasteiger partial charge >= 0.3 is 0 Å². The van der Waals surface area contributed by atoms with Crippen LogP contribution in [0.5, 0.6) is 17.2 Å². The van der Waals surface area contributed by atoms with Gasteiger partial charge < -0.3 is 19.5 Å². The van der Waals surface area contributed by atoms with Crippen LogP contribution < -0.4 is 19.5 Å². The van der Waals surface area contributed by atoms with Crippen LogP contribution in [0.3, 0.4) is 0 Å². The van der Waals surface area contributed by atoms with Gasteiger partial charge in [-0.15, -0.1) is 0 Å². The Hall–Kier alpha value is -2.20. The third-order valence-corrected chi connectivity index (χ3v) is 5.27. The molecule has 3 rings (SSSR count). The molecule has 0 fully saturated rings. The first-order valence-corrected chi connectivity index (χ1v) is 9.17. The Kier molecular flexibility index (Phi) is 5.42. The molecule has 0 saturated heterocycles. The molecule has 2 aromatic carbocycles. The van der Waals surface area contributed by atoms with E-state index in [-0.39, 0.29) is 6.04 Å². The average molecular weight is 355 g/mol. The summed E-state index contributed by atoms with van der Waals surface area (Å²) in [6.07, 6.45) is 0.929. The van der Waals surface area contributed by atoms with Crippen molar-refractivity contribution in [2.75, 3.05) is 27.9 Å². The summed E-state index contributed by atoms with van der Waals surface area (Å²) >= 11 is 0. The number of ether oxygens (including phenoxy) is 3. The predicted octanol–water partition coefficient (Wildman–Crippen LogP) is 4.38. The minimum Gasteiger partial charge on any atom is -0.496 e. The van der Waals surface area contributed by atoms with E-state index in [1.165, 1.54) is 27.8 Å². The monoisotopic (exact) mass is 355 g/mol. The highest BCUT2D eigenvalue weighted by atomic mass is 16.5. The topological polar surface area (TPSA) is 39.7 Å². The molecule has 0 spiro atoms. The van der Waals surface area contributed by atoms with Crippen molar-refractivity contribution in [1.29, 1.82) is 0 Å². The second kappa shape index (κ2) is 7.58. The molecule has 1 aliphatic heterocycles. The van der Waals surface area contributed by atoms with Crippen LogP contribution in [0.15, 0.2) is 24.3 Å². The van der Waals surface area contributed by atoms with Crippen molar-refractivity contribution in [3.05, 3.63) is 52.1 Å². The van der Waals surface area contributed by atoms with Crippen molar-refractivity contribution in [2.24, 2.45) is 0 Å². The van der Waals surface area contributed by atoms with E-state index in [0.29, 0.717) is 5.92 Å². The molecule has 1 N–H and O–H groups in total. The smallest absolute Gasteiger partial charge is 0.164 e. The van der Waals surface area contributed by atoms with Gasteiger partial charge in [0.1, 0.15) is 5.75 Å². The van der Waals surface area contributed by atoms with Crippen molar-refractivity contribution < 1.29 is 14.2 Å². The lowest BCUT2D eigenvalue weighted by atomic mass is 9.85. The standard InChI is InChI=1S/C22H29NO3/c1-13(2)17-12-18(14(3)11-20(17)25-5)21-15-7-8-19(24-4)22(26-6)16(15)9-10-23-21/h7-8,11-13,21,23H,9-10H2,1-6H3. The van der Waals surface area contributed by atoms with Gasteiger partial charge in [-0.2, -0.15) is 0 Å². The summed E-state index contributed by atoms with van der Waals surface area (Å²) in [5.74, 6) is 3.01. The Labute approximate surface area is 156 Å². The summed E-state index contributed by atoms with van der Waals surface area (Å²) in [7, 11) is 5.14. The molecule has 26 heavy (non-hydrogen) atoms. The van der Waals surface area contributed by atoms with Gasteiger partial charge in [-0.1, -0.05) is 19.9 Å². The second-order valence-corrected chi connectivity index (χ2v) is 7.11. The molecule has 1 atom stereocenters. The van der Waals surface area contributed by atoms with Gasteiger partial charge in [0.05, 0.1) is 27.4 Å². The maximum atomic E-state index is 5.67. The summed E-state index contributed by atoms with van der Waals surface area (Å²) < 4.78 is 16.8. The fourth-order valence-electron chi connectivity index (χ4n) is 3.92. The highest BCUT2D eigenvalue weighted by molar-refractivity contribution is 5.56. The zero-order chi connectivity index (χ0) is 18.8. The van der Waals surface area contributed by atoms with Crippen molar-refractivity contribution in [3.8, 4) is 17.2 Å². The summed E-state index contributed by atoms with van der Waals surface area (Å²) in [5, 5.41) is 3.69. The number of methoxy groups -OCH3 is 3. The molecule has 0 aromatic heterocycles. The fourth-order valence-corrected chi connectivity index (χ4v) is 3.92. The average Bonchev–Trinajstić information content (AvgIpc) is 2.65. The highest BCUT2D eigenvalue weighted by Crippen LogP contribution is 2.41. The highest BCUT2D eigenvalue weighted by Gasteiger charge is 2.27. The van der Waals surface area contributed by atoms with Gasteiger partial charge in [0.15, 0.2) is 11.5 Å². The molecule has 2 aromatic rings. The molecule has 1 aliphatic rings. The first-order valence-electron chi connectivity index (χ1n) is 9.17. The van der Waals surface area contributed by atoms with E-state index >= 15 is 0 Å². The summed E-state index contributed by atoms with van der Waals surface area (Å²) in [6, 6.07) is 8.75. The van der Waals surface area contributed by atoms with Crippen LogP contribution in [-0.4, -0.2) is 27.9 Å². The number of hydrogen-bond donors (Lipinski definition) is 1. The SMILES string of the molecule is COc1cc(C)c(C2NCCc3c2ccc(OC)c3OC)cc1C(C)C. The van der Waals surface area contributed by atoms with Crippen molar-refractivity contribution in [2.45, 2.75) is 39.2 Å². The van der Waals surface area contributed by atoms with Crippen LogP contribution >= 0.6 is 0 Å². The lowest BCUT2D eigenvalue weighted by Gasteiger charge is -2.31. The van der Waals surface area contributed by atoms with E-state index in [1.54, 1.807) is 21.3 Å². The molecule has 1 unspecified atom stereocenters. The van der Waals surface area contributed by atoms with Crippen LogP contribution in [0.1, 0.15) is 53.6 Å². The zero-order valence-electron chi connectivity index (χ0n) is 16.6. The normalized spacial score (nSPS) is 16.3. The van der Waals surface area contributed by atoms with Crippen molar-refractivity contribution in [3.63, 3.8) is 0 Å². The largest absolute Gasteiger partial charge is 0.496 e. The quantitative estimate of drug-likeness (QED) is 0.864. The van der Waals surface area contributed by atoms with Gasteiger partial charge in [0.2, 0.25) is 0 Å². The predicted molar refractivity (Wildman–Crippen MR) is 105 cm³/mol. The summed E-state index contributed by atoms with van der Waals surface area (Å²) in [4.78, 5) is 0. The first-order chi connectivity index (χ1) is 12.5. The summed E-state index contributed by atoms with van der Waals surface area (Å²) in [6.45, 7) is 7.46. The Morgan fingerprint density at radius 1 is 0.962 bits per heavy atom. The molecular weight excluding hydrogens is 326 g/mol. The Balaban J connectivity index is 2.15. The molecule has 0 saturated carbocycles. The second-order valence-electron chi connectivity index (χ2n) is 7.11. The number of nitrogens with one attached hydrogen (secondary N) is 1. The first kappa shape index (κ1) is 18.6. The number of benzene rings is 2. The van der Waals surface area contributed by atoms with Gasteiger partial charge in [-0.05, 0) is 59.7 Å². The van der Waals surface area contributed by atoms with E-state index in [2.05, 4.69) is 44.3 Å². The van der Waals surface area contributed by atoms with Crippen molar-refractivity contribution >= 4 is 0 Å². The van der Waals surface area contributed by atoms with Crippen LogP contribution in [-0.2, 0) is 6.42 Å². The number of rotatable bonds is 5. The molecule has 4 heteroatoms. The maximum Gasteiger partial charge on any atom is 0.164 e. The molecule has 0 radical (unpaired) electrons. The Bertz CT molecular complexity index is 798. The van der Waals surface area contributed by atoms with Crippen LogP contribution in [0, 0.1) is 6.92 Å². The lowest BCUT2D eigenvalue weighted by Crippen LogP contribution is -2.31. The van der Waals surface area contributed by atoms with Crippen LogP contribution in [0.4, 0.5) is 0 Å². The minimum absolute atomic E-state index is 0.141. The van der Waals surface area contributed by atoms with Crippen LogP contribution in [0.2, 0.25) is 0 Å². The van der Waals surface area contributed by atoms with E-state index in [0.717, 1.165) is 30.2 Å². The summed E-state index contributed by atoms with van der Waals surface area (Å²) in [5.41, 5.74) is 6.25. The molecular formula is C22H29NO3. The molecule has 4 nitrogen and oxygen atoms in total. The number of hydrogen-bond acceptors (Lipinski definition) is 4. The van der Waals surface area contributed by atoms with Gasteiger partial charge in [0, 0.05) is 12.1 Å². The molecule has 0 bridgehead atoms.